The highest BCUT2D eigenvalue weighted by Gasteiger charge is 2.19. The van der Waals surface area contributed by atoms with Crippen LogP contribution in [0.25, 0.3) is 0 Å². The molecule has 1 unspecified atom stereocenters. The normalized spacial score (nSPS) is 13.1. The van der Waals surface area contributed by atoms with Crippen LogP contribution in [0.15, 0.2) is 0 Å². The number of carboxylic acid groups (broad SMARTS) is 1. The Labute approximate surface area is 111 Å². The SMILES string of the molecule is CN(C)S(=O)(=O)CCNC(=O)NC(CCO)C(=O)O. The third-order valence-corrected chi connectivity index (χ3v) is 4.06. The maximum atomic E-state index is 11.4. The third-order valence-electron chi connectivity index (χ3n) is 2.22. The molecule has 0 heterocycles. The number of hydrogen-bond acceptors (Lipinski definition) is 5. The van der Waals surface area contributed by atoms with Gasteiger partial charge in [0.1, 0.15) is 6.04 Å². The van der Waals surface area contributed by atoms with Crippen molar-refractivity contribution in [3.8, 4) is 0 Å². The summed E-state index contributed by atoms with van der Waals surface area (Å²) in [7, 11) is -0.670. The second kappa shape index (κ2) is 7.92. The molecule has 112 valence electrons. The largest absolute Gasteiger partial charge is 0.480 e. The van der Waals surface area contributed by atoms with E-state index in [4.69, 9.17) is 10.2 Å². The summed E-state index contributed by atoms with van der Waals surface area (Å²) in [6, 6.07) is -2.01. The van der Waals surface area contributed by atoms with Gasteiger partial charge in [-0.25, -0.2) is 22.3 Å². The molecule has 2 amide bonds. The molecule has 0 spiro atoms. The molecule has 0 radical (unpaired) electrons. The number of rotatable bonds is 8. The standard InChI is InChI=1S/C9H19N3O6S/c1-12(2)19(17,18)6-4-10-9(16)11-7(3-5-13)8(14)15/h7,13H,3-6H2,1-2H3,(H,14,15)(H2,10,11,16). The highest BCUT2D eigenvalue weighted by atomic mass is 32.2. The van der Waals surface area contributed by atoms with E-state index in [0.717, 1.165) is 4.31 Å². The Morgan fingerprint density at radius 2 is 1.89 bits per heavy atom. The summed E-state index contributed by atoms with van der Waals surface area (Å²) < 4.78 is 23.8. The zero-order valence-corrected chi connectivity index (χ0v) is 11.6. The Bertz CT molecular complexity index is 408. The predicted molar refractivity (Wildman–Crippen MR) is 67.1 cm³/mol. The van der Waals surface area contributed by atoms with Gasteiger partial charge in [0, 0.05) is 33.7 Å². The molecule has 1 atom stereocenters. The van der Waals surface area contributed by atoms with Gasteiger partial charge in [-0.3, -0.25) is 0 Å². The summed E-state index contributed by atoms with van der Waals surface area (Å²) in [5.41, 5.74) is 0. The van der Waals surface area contributed by atoms with Crippen LogP contribution in [-0.4, -0.2) is 74.0 Å². The summed E-state index contributed by atoms with van der Waals surface area (Å²) in [6.07, 6.45) is -0.126. The van der Waals surface area contributed by atoms with Crippen LogP contribution in [0, 0.1) is 0 Å². The molecular formula is C9H19N3O6S. The summed E-state index contributed by atoms with van der Waals surface area (Å²) in [4.78, 5) is 22.0. The first-order valence-electron chi connectivity index (χ1n) is 5.49. The van der Waals surface area contributed by atoms with Crippen LogP contribution >= 0.6 is 0 Å². The molecule has 9 nitrogen and oxygen atoms in total. The Kier molecular flexibility index (Phi) is 7.34. The molecule has 0 rings (SSSR count). The van der Waals surface area contributed by atoms with Crippen LogP contribution in [0.1, 0.15) is 6.42 Å². The zero-order chi connectivity index (χ0) is 15.1. The molecule has 0 aromatic heterocycles. The molecule has 0 aliphatic rings. The molecule has 0 saturated heterocycles. The number of carbonyl (C=O) groups is 2. The van der Waals surface area contributed by atoms with E-state index >= 15 is 0 Å². The van der Waals surface area contributed by atoms with E-state index in [2.05, 4.69) is 10.6 Å². The van der Waals surface area contributed by atoms with Gasteiger partial charge in [-0.1, -0.05) is 0 Å². The molecule has 0 saturated carbocycles. The van der Waals surface area contributed by atoms with Gasteiger partial charge in [-0.05, 0) is 0 Å². The van der Waals surface area contributed by atoms with Crippen LogP contribution in [-0.2, 0) is 14.8 Å². The van der Waals surface area contributed by atoms with Crippen LogP contribution < -0.4 is 10.6 Å². The zero-order valence-electron chi connectivity index (χ0n) is 10.8. The van der Waals surface area contributed by atoms with Crippen molar-refractivity contribution in [2.75, 3.05) is 33.0 Å². The van der Waals surface area contributed by atoms with Crippen molar-refractivity contribution in [2.45, 2.75) is 12.5 Å². The monoisotopic (exact) mass is 297 g/mol. The third kappa shape index (κ3) is 6.94. The quantitative estimate of drug-likeness (QED) is 0.409. The van der Waals surface area contributed by atoms with E-state index in [0.29, 0.717) is 0 Å². The van der Waals surface area contributed by atoms with Gasteiger partial charge < -0.3 is 20.8 Å². The minimum absolute atomic E-state index is 0.126. The maximum Gasteiger partial charge on any atom is 0.326 e. The number of nitrogens with zero attached hydrogens (tertiary/aromatic N) is 1. The second-order valence-electron chi connectivity index (χ2n) is 3.90. The van der Waals surface area contributed by atoms with E-state index in [9.17, 15) is 18.0 Å². The van der Waals surface area contributed by atoms with Crippen molar-refractivity contribution in [1.29, 1.82) is 0 Å². The van der Waals surface area contributed by atoms with Crippen molar-refractivity contribution in [2.24, 2.45) is 0 Å². The number of aliphatic carboxylic acids is 1. The van der Waals surface area contributed by atoms with Crippen molar-refractivity contribution in [3.63, 3.8) is 0 Å². The molecule has 0 aliphatic heterocycles. The number of amides is 2. The fourth-order valence-electron chi connectivity index (χ4n) is 1.07. The maximum absolute atomic E-state index is 11.4. The minimum Gasteiger partial charge on any atom is -0.480 e. The molecule has 4 N–H and O–H groups in total. The number of urea groups is 1. The van der Waals surface area contributed by atoms with Gasteiger partial charge >= 0.3 is 12.0 Å². The van der Waals surface area contributed by atoms with Crippen LogP contribution in [0.5, 0.6) is 0 Å². The average Bonchev–Trinajstić information content (AvgIpc) is 2.27. The van der Waals surface area contributed by atoms with Gasteiger partial charge in [0.15, 0.2) is 0 Å². The van der Waals surface area contributed by atoms with Crippen molar-refractivity contribution >= 4 is 22.0 Å². The smallest absolute Gasteiger partial charge is 0.326 e. The first-order chi connectivity index (χ1) is 8.70. The molecular weight excluding hydrogens is 278 g/mol. The van der Waals surface area contributed by atoms with Gasteiger partial charge in [0.25, 0.3) is 0 Å². The number of aliphatic hydroxyl groups is 1. The molecule has 0 bridgehead atoms. The second-order valence-corrected chi connectivity index (χ2v) is 6.20. The van der Waals surface area contributed by atoms with Crippen molar-refractivity contribution in [3.05, 3.63) is 0 Å². The lowest BCUT2D eigenvalue weighted by Gasteiger charge is -2.15. The summed E-state index contributed by atoms with van der Waals surface area (Å²) >= 11 is 0. The van der Waals surface area contributed by atoms with Gasteiger partial charge in [-0.15, -0.1) is 0 Å². The lowest BCUT2D eigenvalue weighted by molar-refractivity contribution is -0.139. The number of nitrogens with one attached hydrogen (secondary N) is 2. The van der Waals surface area contributed by atoms with Crippen LogP contribution in [0.4, 0.5) is 4.79 Å². The fourth-order valence-corrected chi connectivity index (χ4v) is 1.80. The Hall–Kier alpha value is -1.39. The Balaban J connectivity index is 4.16. The molecule has 0 fully saturated rings. The summed E-state index contributed by atoms with van der Waals surface area (Å²) in [5, 5.41) is 21.7. The topological polar surface area (TPSA) is 136 Å². The summed E-state index contributed by atoms with van der Waals surface area (Å²) in [5.74, 6) is -1.56. The molecule has 0 aliphatic carbocycles. The van der Waals surface area contributed by atoms with E-state index in [1.165, 1.54) is 14.1 Å². The fraction of sp³-hybridized carbons (Fsp3) is 0.778. The predicted octanol–water partition coefficient (Wildman–Crippen LogP) is -1.99. The van der Waals surface area contributed by atoms with E-state index in [1.54, 1.807) is 0 Å². The van der Waals surface area contributed by atoms with Gasteiger partial charge in [0.2, 0.25) is 10.0 Å². The van der Waals surface area contributed by atoms with Crippen LogP contribution in [0.2, 0.25) is 0 Å². The number of hydrogen-bond donors (Lipinski definition) is 4. The summed E-state index contributed by atoms with van der Waals surface area (Å²) in [6.45, 7) is -0.524. The van der Waals surface area contributed by atoms with Crippen molar-refractivity contribution < 1.29 is 28.2 Å². The van der Waals surface area contributed by atoms with E-state index in [1.807, 2.05) is 0 Å². The van der Waals surface area contributed by atoms with E-state index < -0.39 is 28.1 Å². The number of aliphatic hydroxyl groups excluding tert-OH is 1. The molecule has 0 aromatic rings. The first kappa shape index (κ1) is 17.6. The average molecular weight is 297 g/mol. The molecule has 10 heteroatoms. The molecule has 0 aromatic carbocycles. The Morgan fingerprint density at radius 1 is 1.32 bits per heavy atom. The lowest BCUT2D eigenvalue weighted by Crippen LogP contribution is -2.47. The molecule has 19 heavy (non-hydrogen) atoms. The van der Waals surface area contributed by atoms with Gasteiger partial charge in [0.05, 0.1) is 5.75 Å². The highest BCUT2D eigenvalue weighted by molar-refractivity contribution is 7.89. The van der Waals surface area contributed by atoms with Crippen LogP contribution in [0.3, 0.4) is 0 Å². The number of sulfonamides is 1. The number of carbonyl (C=O) groups excluding carboxylic acids is 1. The lowest BCUT2D eigenvalue weighted by atomic mass is 10.2. The first-order valence-corrected chi connectivity index (χ1v) is 7.10. The number of carboxylic acids is 1. The minimum atomic E-state index is -3.41. The van der Waals surface area contributed by atoms with Crippen molar-refractivity contribution in [1.82, 2.24) is 14.9 Å². The van der Waals surface area contributed by atoms with E-state index in [-0.39, 0.29) is 25.3 Å². The van der Waals surface area contributed by atoms with Gasteiger partial charge in [-0.2, -0.15) is 0 Å². The Morgan fingerprint density at radius 3 is 2.32 bits per heavy atom. The highest BCUT2D eigenvalue weighted by Crippen LogP contribution is 1.93.